The molecule has 1 heterocycles. The largest absolute Gasteiger partial charge is 0.496 e. The van der Waals surface area contributed by atoms with Gasteiger partial charge in [-0.15, -0.1) is 0 Å². The highest BCUT2D eigenvalue weighted by Crippen LogP contribution is 2.28. The Morgan fingerprint density at radius 3 is 2.84 bits per heavy atom. The fourth-order valence-electron chi connectivity index (χ4n) is 2.42. The lowest BCUT2D eigenvalue weighted by Crippen LogP contribution is -2.45. The summed E-state index contributed by atoms with van der Waals surface area (Å²) in [4.78, 5) is 24.4. The molecule has 3 N–H and O–H groups in total. The molecule has 138 valence electrons. The number of nitrogens with one attached hydrogen (secondary N) is 2. The number of nitro benzene ring substituents is 1. The van der Waals surface area contributed by atoms with Gasteiger partial charge in [-0.05, 0) is 12.1 Å². The van der Waals surface area contributed by atoms with E-state index in [9.17, 15) is 20.0 Å². The Morgan fingerprint density at radius 2 is 2.20 bits per heavy atom. The summed E-state index contributed by atoms with van der Waals surface area (Å²) in [5.74, 6) is 0.318. The minimum atomic E-state index is -0.741. The zero-order valence-corrected chi connectivity index (χ0v) is 13.9. The number of aliphatic hydroxyl groups is 1. The highest BCUT2D eigenvalue weighted by molar-refractivity contribution is 5.92. The van der Waals surface area contributed by atoms with Crippen LogP contribution in [0, 0.1) is 10.1 Å². The summed E-state index contributed by atoms with van der Waals surface area (Å²) in [7, 11) is 1.40. The second-order valence-corrected chi connectivity index (χ2v) is 5.54. The van der Waals surface area contributed by atoms with Crippen LogP contribution in [0.5, 0.6) is 5.75 Å². The van der Waals surface area contributed by atoms with E-state index in [-0.39, 0.29) is 17.9 Å². The molecule has 0 aliphatic carbocycles. The van der Waals surface area contributed by atoms with Crippen molar-refractivity contribution in [1.29, 1.82) is 0 Å². The topological polar surface area (TPSA) is 126 Å². The van der Waals surface area contributed by atoms with Gasteiger partial charge in [0.2, 0.25) is 0 Å². The van der Waals surface area contributed by atoms with Gasteiger partial charge in [0, 0.05) is 26.2 Å². The van der Waals surface area contributed by atoms with E-state index in [0.717, 1.165) is 13.1 Å². The van der Waals surface area contributed by atoms with Crippen molar-refractivity contribution < 1.29 is 24.3 Å². The molecule has 1 fully saturated rings. The van der Waals surface area contributed by atoms with Crippen molar-refractivity contribution in [2.24, 2.45) is 0 Å². The molecule has 0 radical (unpaired) electrons. The Labute approximate surface area is 144 Å². The van der Waals surface area contributed by atoms with Crippen molar-refractivity contribution in [2.45, 2.75) is 6.10 Å². The van der Waals surface area contributed by atoms with Crippen LogP contribution in [0.1, 0.15) is 0 Å². The minimum absolute atomic E-state index is 0.0349. The Balaban J connectivity index is 1.84. The first-order valence-corrected chi connectivity index (χ1v) is 7.85. The number of anilines is 1. The molecule has 1 aromatic carbocycles. The Kier molecular flexibility index (Phi) is 6.92. The van der Waals surface area contributed by atoms with Crippen LogP contribution in [0.4, 0.5) is 16.2 Å². The molecule has 0 aromatic heterocycles. The molecule has 1 aliphatic heterocycles. The van der Waals surface area contributed by atoms with Crippen LogP contribution >= 0.6 is 0 Å². The van der Waals surface area contributed by atoms with Crippen LogP contribution < -0.4 is 15.4 Å². The summed E-state index contributed by atoms with van der Waals surface area (Å²) in [6, 6.07) is 3.49. The maximum atomic E-state index is 11.9. The van der Waals surface area contributed by atoms with Gasteiger partial charge in [0.1, 0.15) is 11.4 Å². The molecule has 0 saturated carbocycles. The molecule has 0 unspecified atom stereocenters. The van der Waals surface area contributed by atoms with E-state index in [1.54, 1.807) is 0 Å². The number of benzene rings is 1. The number of amides is 2. The van der Waals surface area contributed by atoms with E-state index < -0.39 is 17.1 Å². The van der Waals surface area contributed by atoms with Crippen LogP contribution in [0.15, 0.2) is 18.2 Å². The lowest BCUT2D eigenvalue weighted by molar-refractivity contribution is -0.384. The zero-order chi connectivity index (χ0) is 18.2. The molecule has 0 spiro atoms. The first-order valence-electron chi connectivity index (χ1n) is 7.85. The fourth-order valence-corrected chi connectivity index (χ4v) is 2.42. The van der Waals surface area contributed by atoms with E-state index in [4.69, 9.17) is 9.47 Å². The molecule has 2 amide bonds. The Bertz CT molecular complexity index is 606. The molecule has 0 bridgehead atoms. The number of nitro groups is 1. The molecule has 10 heteroatoms. The Hall–Kier alpha value is -2.43. The maximum absolute atomic E-state index is 11.9. The molecule has 25 heavy (non-hydrogen) atoms. The fraction of sp³-hybridized carbons (Fsp3) is 0.533. The summed E-state index contributed by atoms with van der Waals surface area (Å²) in [5, 5.41) is 26.0. The highest BCUT2D eigenvalue weighted by atomic mass is 16.6. The van der Waals surface area contributed by atoms with Crippen molar-refractivity contribution >= 4 is 17.4 Å². The van der Waals surface area contributed by atoms with Gasteiger partial charge in [0.05, 0.1) is 37.4 Å². The van der Waals surface area contributed by atoms with Gasteiger partial charge >= 0.3 is 6.03 Å². The standard InChI is InChI=1S/C15H22N4O6/c1-24-12-2-3-13(14(8-12)19(22)23)17-15(21)16-9-11(20)10-18-4-6-25-7-5-18/h2-3,8,11,20H,4-7,9-10H2,1H3,(H2,16,17,21)/t11-/m1/s1. The number of rotatable bonds is 7. The van der Waals surface area contributed by atoms with Gasteiger partial charge in [0.15, 0.2) is 0 Å². The molecule has 2 rings (SSSR count). The summed E-state index contributed by atoms with van der Waals surface area (Å²) in [6.07, 6.45) is -0.741. The van der Waals surface area contributed by atoms with Crippen molar-refractivity contribution in [3.05, 3.63) is 28.3 Å². The van der Waals surface area contributed by atoms with Gasteiger partial charge in [-0.1, -0.05) is 0 Å². The summed E-state index contributed by atoms with van der Waals surface area (Å²) >= 11 is 0. The number of urea groups is 1. The number of ether oxygens (including phenoxy) is 2. The lowest BCUT2D eigenvalue weighted by Gasteiger charge is -2.28. The molecule has 1 atom stereocenters. The van der Waals surface area contributed by atoms with Gasteiger partial charge in [-0.3, -0.25) is 15.0 Å². The van der Waals surface area contributed by atoms with E-state index in [1.165, 1.54) is 25.3 Å². The monoisotopic (exact) mass is 354 g/mol. The van der Waals surface area contributed by atoms with Crippen LogP contribution in [0.3, 0.4) is 0 Å². The third kappa shape index (κ3) is 5.85. The average Bonchev–Trinajstić information content (AvgIpc) is 2.61. The minimum Gasteiger partial charge on any atom is -0.496 e. The van der Waals surface area contributed by atoms with Crippen LogP contribution in [-0.4, -0.2) is 73.6 Å². The maximum Gasteiger partial charge on any atom is 0.319 e. The second kappa shape index (κ2) is 9.16. The first kappa shape index (κ1) is 18.9. The van der Waals surface area contributed by atoms with Crippen molar-refractivity contribution in [2.75, 3.05) is 51.8 Å². The summed E-state index contributed by atoms with van der Waals surface area (Å²) < 4.78 is 10.2. The SMILES string of the molecule is COc1ccc(NC(=O)NC[C@@H](O)CN2CCOCC2)c([N+](=O)[O-])c1. The average molecular weight is 354 g/mol. The molecule has 1 aliphatic rings. The van der Waals surface area contributed by atoms with E-state index in [1.807, 2.05) is 4.90 Å². The number of hydrogen-bond acceptors (Lipinski definition) is 7. The number of carbonyl (C=O) groups excluding carboxylic acids is 1. The zero-order valence-electron chi connectivity index (χ0n) is 13.9. The van der Waals surface area contributed by atoms with Gasteiger partial charge in [-0.2, -0.15) is 0 Å². The predicted molar refractivity (Wildman–Crippen MR) is 89.9 cm³/mol. The van der Waals surface area contributed by atoms with Gasteiger partial charge in [-0.25, -0.2) is 4.79 Å². The smallest absolute Gasteiger partial charge is 0.319 e. The number of carbonyl (C=O) groups is 1. The van der Waals surface area contributed by atoms with Gasteiger partial charge in [0.25, 0.3) is 5.69 Å². The normalized spacial score (nSPS) is 16.1. The van der Waals surface area contributed by atoms with Crippen molar-refractivity contribution in [3.63, 3.8) is 0 Å². The second-order valence-electron chi connectivity index (χ2n) is 5.54. The number of β-amino-alcohol motifs (C(OH)–C–C–N with tert-alkyl or cyclic N) is 1. The number of nitrogens with zero attached hydrogens (tertiary/aromatic N) is 2. The van der Waals surface area contributed by atoms with E-state index >= 15 is 0 Å². The molecular weight excluding hydrogens is 332 g/mol. The van der Waals surface area contributed by atoms with Crippen LogP contribution in [0.25, 0.3) is 0 Å². The number of aliphatic hydroxyl groups excluding tert-OH is 1. The number of morpholine rings is 1. The van der Waals surface area contributed by atoms with E-state index in [0.29, 0.717) is 25.5 Å². The number of hydrogen-bond donors (Lipinski definition) is 3. The predicted octanol–water partition coefficient (Wildman–Crippen LogP) is 0.418. The molecular formula is C15H22N4O6. The quantitative estimate of drug-likeness (QED) is 0.478. The van der Waals surface area contributed by atoms with Crippen molar-refractivity contribution in [3.8, 4) is 5.75 Å². The molecule has 1 saturated heterocycles. The third-order valence-electron chi connectivity index (χ3n) is 3.72. The summed E-state index contributed by atoms with van der Waals surface area (Å²) in [5.41, 5.74) is -0.227. The molecule has 1 aromatic rings. The Morgan fingerprint density at radius 1 is 1.48 bits per heavy atom. The van der Waals surface area contributed by atoms with Crippen LogP contribution in [0.2, 0.25) is 0 Å². The molecule has 10 nitrogen and oxygen atoms in total. The summed E-state index contributed by atoms with van der Waals surface area (Å²) in [6.45, 7) is 3.19. The van der Waals surface area contributed by atoms with Crippen LogP contribution in [-0.2, 0) is 4.74 Å². The first-order chi connectivity index (χ1) is 12.0. The lowest BCUT2D eigenvalue weighted by atomic mass is 10.2. The third-order valence-corrected chi connectivity index (χ3v) is 3.72. The van der Waals surface area contributed by atoms with E-state index in [2.05, 4.69) is 10.6 Å². The van der Waals surface area contributed by atoms with Crippen molar-refractivity contribution in [1.82, 2.24) is 10.2 Å². The number of methoxy groups -OCH3 is 1. The highest BCUT2D eigenvalue weighted by Gasteiger charge is 2.18. The van der Waals surface area contributed by atoms with Gasteiger partial charge < -0.3 is 25.2 Å².